The van der Waals surface area contributed by atoms with Gasteiger partial charge in [-0.2, -0.15) is 9.36 Å². The molecule has 2 rings (SSSR count). The van der Waals surface area contributed by atoms with Crippen LogP contribution in [-0.2, 0) is 5.75 Å². The minimum Gasteiger partial charge on any atom is -0.198 e. The van der Waals surface area contributed by atoms with Crippen LogP contribution in [0.1, 0.15) is 5.56 Å². The lowest BCUT2D eigenvalue weighted by Crippen LogP contribution is -1.79. The van der Waals surface area contributed by atoms with Gasteiger partial charge in [0.05, 0.1) is 0 Å². The topological polar surface area (TPSA) is 25.8 Å². The number of thioether (sulfide) groups is 1. The van der Waals surface area contributed by atoms with E-state index in [1.807, 2.05) is 24.3 Å². The maximum atomic E-state index is 5.79. The Hall–Kier alpha value is -0.290. The van der Waals surface area contributed by atoms with Gasteiger partial charge < -0.3 is 0 Å². The molecule has 0 N–H and O–H groups in total. The van der Waals surface area contributed by atoms with Crippen molar-refractivity contribution in [3.8, 4) is 0 Å². The second kappa shape index (κ2) is 5.16. The summed E-state index contributed by atoms with van der Waals surface area (Å²) in [5.74, 6) is 0.850. The lowest BCUT2D eigenvalue weighted by Gasteiger charge is -1.98. The monoisotopic (exact) mass is 276 g/mol. The van der Waals surface area contributed by atoms with E-state index in [-0.39, 0.29) is 0 Å². The minimum atomic E-state index is 0.318. The Bertz CT molecular complexity index is 442. The van der Waals surface area contributed by atoms with Crippen LogP contribution in [0.2, 0.25) is 10.3 Å². The fourth-order valence-corrected chi connectivity index (χ4v) is 2.85. The van der Waals surface area contributed by atoms with E-state index in [0.717, 1.165) is 15.1 Å². The van der Waals surface area contributed by atoms with Gasteiger partial charge in [-0.1, -0.05) is 35.5 Å². The third-order valence-electron chi connectivity index (χ3n) is 1.66. The molecule has 0 atom stereocenters. The highest BCUT2D eigenvalue weighted by Gasteiger charge is 2.02. The van der Waals surface area contributed by atoms with Crippen molar-refractivity contribution in [2.45, 2.75) is 10.1 Å². The van der Waals surface area contributed by atoms with Gasteiger partial charge in [0.15, 0.2) is 4.34 Å². The van der Waals surface area contributed by atoms with Crippen LogP contribution >= 0.6 is 46.5 Å². The number of hydrogen-bond acceptors (Lipinski definition) is 4. The van der Waals surface area contributed by atoms with Crippen LogP contribution in [0.5, 0.6) is 0 Å². The Morgan fingerprint density at radius 2 is 1.93 bits per heavy atom. The molecule has 0 amide bonds. The van der Waals surface area contributed by atoms with Crippen LogP contribution in [0.25, 0.3) is 0 Å². The SMILES string of the molecule is Clc1ccc(CSc2nc(Cl)ns2)cc1. The summed E-state index contributed by atoms with van der Waals surface area (Å²) in [6.45, 7) is 0. The van der Waals surface area contributed by atoms with Crippen LogP contribution in [0.15, 0.2) is 28.6 Å². The Labute approximate surface area is 106 Å². The molecular formula is C9H6Cl2N2S2. The van der Waals surface area contributed by atoms with Gasteiger partial charge in [0.1, 0.15) is 0 Å². The van der Waals surface area contributed by atoms with Crippen molar-refractivity contribution in [1.82, 2.24) is 9.36 Å². The van der Waals surface area contributed by atoms with Gasteiger partial charge in [0, 0.05) is 10.8 Å². The zero-order chi connectivity index (χ0) is 10.7. The Morgan fingerprint density at radius 3 is 2.53 bits per heavy atom. The van der Waals surface area contributed by atoms with Gasteiger partial charge in [0.25, 0.3) is 0 Å². The number of nitrogens with zero attached hydrogens (tertiary/aromatic N) is 2. The lowest BCUT2D eigenvalue weighted by molar-refractivity contribution is 1.21. The predicted octanol–water partition coefficient (Wildman–Crippen LogP) is 4.14. The van der Waals surface area contributed by atoms with E-state index in [9.17, 15) is 0 Å². The zero-order valence-electron chi connectivity index (χ0n) is 7.48. The minimum absolute atomic E-state index is 0.318. The molecule has 0 radical (unpaired) electrons. The van der Waals surface area contributed by atoms with Gasteiger partial charge >= 0.3 is 0 Å². The summed E-state index contributed by atoms with van der Waals surface area (Å²) in [6, 6.07) is 7.75. The first-order chi connectivity index (χ1) is 7.24. The molecule has 0 aliphatic heterocycles. The highest BCUT2D eigenvalue weighted by atomic mass is 35.5. The van der Waals surface area contributed by atoms with E-state index in [1.165, 1.54) is 17.1 Å². The molecule has 0 unspecified atom stereocenters. The molecule has 1 heterocycles. The molecule has 0 saturated heterocycles. The molecule has 0 aliphatic carbocycles. The van der Waals surface area contributed by atoms with Crippen molar-refractivity contribution < 1.29 is 0 Å². The second-order valence-corrected chi connectivity index (χ2v) is 5.49. The molecule has 2 nitrogen and oxygen atoms in total. The summed E-state index contributed by atoms with van der Waals surface area (Å²) in [5.41, 5.74) is 1.20. The van der Waals surface area contributed by atoms with Crippen molar-refractivity contribution in [1.29, 1.82) is 0 Å². The highest BCUT2D eigenvalue weighted by molar-refractivity contribution is 8.00. The van der Waals surface area contributed by atoms with Crippen LogP contribution < -0.4 is 0 Å². The average Bonchev–Trinajstić information content (AvgIpc) is 2.64. The summed E-state index contributed by atoms with van der Waals surface area (Å²) in [4.78, 5) is 4.05. The van der Waals surface area contributed by atoms with Crippen molar-refractivity contribution in [3.63, 3.8) is 0 Å². The largest absolute Gasteiger partial charge is 0.235 e. The van der Waals surface area contributed by atoms with E-state index in [2.05, 4.69) is 9.36 Å². The normalized spacial score (nSPS) is 10.5. The van der Waals surface area contributed by atoms with E-state index in [1.54, 1.807) is 11.8 Å². The number of benzene rings is 1. The summed E-state index contributed by atoms with van der Waals surface area (Å²) in [5, 5.41) is 1.07. The van der Waals surface area contributed by atoms with Crippen molar-refractivity contribution >= 4 is 46.5 Å². The number of halogens is 2. The summed E-state index contributed by atoms with van der Waals surface area (Å²) in [7, 11) is 0. The molecule has 0 bridgehead atoms. The summed E-state index contributed by atoms with van der Waals surface area (Å²) in [6.07, 6.45) is 0. The maximum Gasteiger partial charge on any atom is 0.235 e. The smallest absolute Gasteiger partial charge is 0.198 e. The fourth-order valence-electron chi connectivity index (χ4n) is 0.977. The van der Waals surface area contributed by atoms with Gasteiger partial charge in [-0.15, -0.1) is 0 Å². The van der Waals surface area contributed by atoms with E-state index in [0.29, 0.717) is 5.28 Å². The second-order valence-electron chi connectivity index (χ2n) is 2.74. The molecule has 0 saturated carbocycles. The number of rotatable bonds is 3. The molecule has 0 fully saturated rings. The van der Waals surface area contributed by atoms with Crippen LogP contribution in [0.4, 0.5) is 0 Å². The number of aromatic nitrogens is 2. The first-order valence-electron chi connectivity index (χ1n) is 4.10. The Balaban J connectivity index is 1.96. The molecule has 0 aliphatic rings. The summed E-state index contributed by atoms with van der Waals surface area (Å²) < 4.78 is 4.78. The van der Waals surface area contributed by atoms with Gasteiger partial charge in [-0.25, -0.2) is 0 Å². The molecular weight excluding hydrogens is 271 g/mol. The van der Waals surface area contributed by atoms with Crippen LogP contribution in [0, 0.1) is 0 Å². The Morgan fingerprint density at radius 1 is 1.20 bits per heavy atom. The predicted molar refractivity (Wildman–Crippen MR) is 65.9 cm³/mol. The van der Waals surface area contributed by atoms with Gasteiger partial charge in [0.2, 0.25) is 5.28 Å². The van der Waals surface area contributed by atoms with Gasteiger partial charge in [-0.3, -0.25) is 0 Å². The highest BCUT2D eigenvalue weighted by Crippen LogP contribution is 2.25. The first kappa shape index (κ1) is 11.2. The number of hydrogen-bond donors (Lipinski definition) is 0. The fraction of sp³-hybridized carbons (Fsp3) is 0.111. The third-order valence-corrected chi connectivity index (χ3v) is 4.08. The lowest BCUT2D eigenvalue weighted by atomic mass is 10.2. The molecule has 2 aromatic rings. The molecule has 15 heavy (non-hydrogen) atoms. The molecule has 78 valence electrons. The molecule has 1 aromatic carbocycles. The quantitative estimate of drug-likeness (QED) is 0.789. The van der Waals surface area contributed by atoms with Crippen LogP contribution in [0.3, 0.4) is 0 Å². The average molecular weight is 277 g/mol. The standard InChI is InChI=1S/C9H6Cl2N2S2/c10-7-3-1-6(2-4-7)5-14-9-12-8(11)13-15-9/h1-4H,5H2. The van der Waals surface area contributed by atoms with E-state index >= 15 is 0 Å². The Kier molecular flexibility index (Phi) is 3.86. The van der Waals surface area contributed by atoms with Crippen molar-refractivity contribution in [2.24, 2.45) is 0 Å². The van der Waals surface area contributed by atoms with Crippen molar-refractivity contribution in [3.05, 3.63) is 40.1 Å². The molecule has 1 aromatic heterocycles. The van der Waals surface area contributed by atoms with Crippen LogP contribution in [-0.4, -0.2) is 9.36 Å². The molecule has 0 spiro atoms. The zero-order valence-corrected chi connectivity index (χ0v) is 10.6. The first-order valence-corrected chi connectivity index (χ1v) is 6.62. The maximum absolute atomic E-state index is 5.79. The summed E-state index contributed by atoms with van der Waals surface area (Å²) >= 11 is 14.3. The van der Waals surface area contributed by atoms with Crippen molar-refractivity contribution in [2.75, 3.05) is 0 Å². The molecule has 6 heteroatoms. The van der Waals surface area contributed by atoms with E-state index in [4.69, 9.17) is 23.2 Å². The van der Waals surface area contributed by atoms with Gasteiger partial charge in [-0.05, 0) is 40.8 Å². The third kappa shape index (κ3) is 3.34. The van der Waals surface area contributed by atoms with E-state index < -0.39 is 0 Å².